The highest BCUT2D eigenvalue weighted by Crippen LogP contribution is 2.00. The van der Waals surface area contributed by atoms with Gasteiger partial charge in [-0.1, -0.05) is 5.46 Å². The van der Waals surface area contributed by atoms with Crippen molar-refractivity contribution in [2.24, 2.45) is 0 Å². The zero-order valence-corrected chi connectivity index (χ0v) is 5.33. The van der Waals surface area contributed by atoms with E-state index in [2.05, 4.69) is 4.98 Å². The Morgan fingerprint density at radius 1 is 1.70 bits per heavy atom. The lowest BCUT2D eigenvalue weighted by atomic mass is 9.98. The summed E-state index contributed by atoms with van der Waals surface area (Å²) in [6.45, 7) is 0. The monoisotopic (exact) mass is 131 g/mol. The number of nitrogens with one attached hydrogen (secondary N) is 1. The third-order valence-electron chi connectivity index (χ3n) is 1.11. The first-order valence-corrected chi connectivity index (χ1v) is 2.75. The van der Waals surface area contributed by atoms with E-state index in [1.54, 1.807) is 6.07 Å². The average molecular weight is 131 g/mol. The van der Waals surface area contributed by atoms with Crippen molar-refractivity contribution in [3.63, 3.8) is 0 Å². The predicted molar refractivity (Wildman–Crippen MR) is 41.9 cm³/mol. The van der Waals surface area contributed by atoms with Crippen molar-refractivity contribution in [3.05, 3.63) is 18.0 Å². The molecule has 0 aliphatic heterocycles. The van der Waals surface area contributed by atoms with Crippen LogP contribution >= 0.6 is 0 Å². The highest BCUT2D eigenvalue weighted by Gasteiger charge is 1.94. The molecule has 0 fully saturated rings. The van der Waals surface area contributed by atoms with Gasteiger partial charge in [-0.2, -0.15) is 0 Å². The number of anilines is 1. The van der Waals surface area contributed by atoms with Crippen LogP contribution in [0.15, 0.2) is 12.3 Å². The Kier molecular flexibility index (Phi) is 1.71. The average Bonchev–Trinajstić information content (AvgIpc) is 1.88. The molecule has 0 aliphatic carbocycles. The van der Waals surface area contributed by atoms with Gasteiger partial charge < -0.3 is 11.1 Å². The van der Waals surface area contributed by atoms with Crippen LogP contribution in [0, 0.1) is 5.41 Å². The van der Waals surface area contributed by atoms with Crippen LogP contribution < -0.4 is 11.2 Å². The lowest BCUT2D eigenvalue weighted by molar-refractivity contribution is 1.31. The maximum absolute atomic E-state index is 6.85. The van der Waals surface area contributed by atoms with Gasteiger partial charge in [-0.15, -0.1) is 0 Å². The van der Waals surface area contributed by atoms with E-state index in [1.165, 1.54) is 6.20 Å². The summed E-state index contributed by atoms with van der Waals surface area (Å²) in [5, 5.41) is 6.85. The van der Waals surface area contributed by atoms with Gasteiger partial charge >= 0.3 is 0 Å². The van der Waals surface area contributed by atoms with Gasteiger partial charge in [0.25, 0.3) is 0 Å². The van der Waals surface area contributed by atoms with Crippen LogP contribution in [0.25, 0.3) is 0 Å². The van der Waals surface area contributed by atoms with Gasteiger partial charge in [-0.05, 0) is 6.07 Å². The van der Waals surface area contributed by atoms with Crippen molar-refractivity contribution in [1.82, 2.24) is 4.98 Å². The molecule has 0 spiro atoms. The molecule has 10 heavy (non-hydrogen) atoms. The van der Waals surface area contributed by atoms with Gasteiger partial charge in [0.05, 0.1) is 5.69 Å². The molecule has 0 saturated carbocycles. The highest BCUT2D eigenvalue weighted by atomic mass is 14.7. The normalized spacial score (nSPS) is 9.20. The number of aromatic nitrogens is 1. The van der Waals surface area contributed by atoms with Crippen molar-refractivity contribution in [1.29, 1.82) is 5.41 Å². The number of rotatable bonds is 1. The van der Waals surface area contributed by atoms with Crippen LogP contribution in [-0.4, -0.2) is 19.0 Å². The SMILES string of the molecule is [B]c1cnc(C=N)c(N)c1. The number of pyridine rings is 1. The molecular weight excluding hydrogens is 125 g/mol. The number of hydrogen-bond donors (Lipinski definition) is 2. The Hall–Kier alpha value is -1.32. The van der Waals surface area contributed by atoms with Gasteiger partial charge in [-0.3, -0.25) is 4.98 Å². The van der Waals surface area contributed by atoms with Crippen LogP contribution in [0.2, 0.25) is 0 Å². The van der Waals surface area contributed by atoms with Gasteiger partial charge in [0.1, 0.15) is 13.5 Å². The van der Waals surface area contributed by atoms with Crippen molar-refractivity contribution in [2.45, 2.75) is 0 Å². The quantitative estimate of drug-likeness (QED) is 0.397. The van der Waals surface area contributed by atoms with Crippen LogP contribution in [0.3, 0.4) is 0 Å². The molecule has 1 heterocycles. The topological polar surface area (TPSA) is 62.8 Å². The number of nitrogen functional groups attached to an aromatic ring is 1. The van der Waals surface area contributed by atoms with Crippen LogP contribution in [0.1, 0.15) is 5.69 Å². The molecule has 48 valence electrons. The summed E-state index contributed by atoms with van der Waals surface area (Å²) in [5.74, 6) is 0. The zero-order valence-electron chi connectivity index (χ0n) is 5.33. The fraction of sp³-hybridized carbons (Fsp3) is 0. The minimum absolute atomic E-state index is 0.440. The highest BCUT2D eigenvalue weighted by molar-refractivity contribution is 6.32. The molecule has 0 amide bonds. The van der Waals surface area contributed by atoms with Crippen molar-refractivity contribution in [3.8, 4) is 0 Å². The molecule has 0 bridgehead atoms. The summed E-state index contributed by atoms with van der Waals surface area (Å²) in [6, 6.07) is 1.58. The fourth-order valence-corrected chi connectivity index (χ4v) is 0.630. The third kappa shape index (κ3) is 1.15. The number of hydrogen-bond acceptors (Lipinski definition) is 3. The molecular formula is C6H6BN3. The number of nitrogens with zero attached hydrogens (tertiary/aromatic N) is 1. The van der Waals surface area contributed by atoms with Crippen molar-refractivity contribution in [2.75, 3.05) is 5.73 Å². The molecule has 1 aromatic rings. The Balaban J connectivity index is 3.19. The van der Waals surface area contributed by atoms with E-state index in [-0.39, 0.29) is 0 Å². The maximum atomic E-state index is 6.85. The first-order valence-electron chi connectivity index (χ1n) is 2.75. The fourth-order valence-electron chi connectivity index (χ4n) is 0.630. The minimum atomic E-state index is 0.440. The smallest absolute Gasteiger partial charge is 0.116 e. The summed E-state index contributed by atoms with van der Waals surface area (Å²) < 4.78 is 0. The molecule has 0 aliphatic rings. The molecule has 0 aromatic carbocycles. The third-order valence-corrected chi connectivity index (χ3v) is 1.11. The standard InChI is InChI=1S/C6H6BN3/c7-4-1-5(9)6(2-8)10-3-4/h1-3,8H,9H2. The van der Waals surface area contributed by atoms with Gasteiger partial charge in [0, 0.05) is 12.4 Å². The van der Waals surface area contributed by atoms with E-state index in [0.717, 1.165) is 6.21 Å². The summed E-state index contributed by atoms with van der Waals surface area (Å²) in [7, 11) is 5.36. The summed E-state index contributed by atoms with van der Waals surface area (Å²) in [5.41, 5.74) is 6.85. The molecule has 1 rings (SSSR count). The molecule has 3 N–H and O–H groups in total. The summed E-state index contributed by atoms with van der Waals surface area (Å²) >= 11 is 0. The minimum Gasteiger partial charge on any atom is -0.397 e. The maximum Gasteiger partial charge on any atom is 0.116 e. The van der Waals surface area contributed by atoms with Gasteiger partial charge in [0.15, 0.2) is 0 Å². The molecule has 0 atom stereocenters. The van der Waals surface area contributed by atoms with Crippen LogP contribution in [-0.2, 0) is 0 Å². The van der Waals surface area contributed by atoms with E-state index in [4.69, 9.17) is 19.0 Å². The van der Waals surface area contributed by atoms with E-state index in [0.29, 0.717) is 16.8 Å². The van der Waals surface area contributed by atoms with Crippen LogP contribution in [0.4, 0.5) is 5.69 Å². The van der Waals surface area contributed by atoms with Crippen molar-refractivity contribution >= 4 is 25.2 Å². The van der Waals surface area contributed by atoms with E-state index >= 15 is 0 Å². The molecule has 2 radical (unpaired) electrons. The molecule has 4 heteroatoms. The zero-order chi connectivity index (χ0) is 7.56. The first kappa shape index (κ1) is 6.80. The largest absolute Gasteiger partial charge is 0.397 e. The molecule has 3 nitrogen and oxygen atoms in total. The summed E-state index contributed by atoms with van der Waals surface area (Å²) in [6.07, 6.45) is 2.56. The Labute approximate surface area is 60.2 Å². The van der Waals surface area contributed by atoms with E-state index in [9.17, 15) is 0 Å². The Bertz CT molecular complexity index is 259. The van der Waals surface area contributed by atoms with Crippen molar-refractivity contribution < 1.29 is 0 Å². The Morgan fingerprint density at radius 2 is 2.40 bits per heavy atom. The number of nitrogens with two attached hydrogens (primary N) is 1. The van der Waals surface area contributed by atoms with Crippen LogP contribution in [0.5, 0.6) is 0 Å². The van der Waals surface area contributed by atoms with E-state index in [1.807, 2.05) is 0 Å². The van der Waals surface area contributed by atoms with E-state index < -0.39 is 0 Å². The van der Waals surface area contributed by atoms with Gasteiger partial charge in [-0.25, -0.2) is 0 Å². The lowest BCUT2D eigenvalue weighted by Crippen LogP contribution is -2.07. The Morgan fingerprint density at radius 3 is 2.90 bits per heavy atom. The second-order valence-corrected chi connectivity index (χ2v) is 1.89. The van der Waals surface area contributed by atoms with Gasteiger partial charge in [0.2, 0.25) is 0 Å². The lowest BCUT2D eigenvalue weighted by Gasteiger charge is -1.98. The summed E-state index contributed by atoms with van der Waals surface area (Å²) in [4.78, 5) is 3.80. The molecule has 1 aromatic heterocycles. The second kappa shape index (κ2) is 2.52. The molecule has 0 unspecified atom stereocenters. The predicted octanol–water partition coefficient (Wildman–Crippen LogP) is -0.545. The molecule has 0 saturated heterocycles. The first-order chi connectivity index (χ1) is 4.74. The second-order valence-electron chi connectivity index (χ2n) is 1.89.